The highest BCUT2D eigenvalue weighted by molar-refractivity contribution is 6.05. The van der Waals surface area contributed by atoms with E-state index >= 15 is 0 Å². The third-order valence-corrected chi connectivity index (χ3v) is 19.5. The molecule has 3 heterocycles. The Kier molecular flexibility index (Phi) is 11.2. The smallest absolute Gasteiger partial charge is 0.0542 e. The normalized spacial score (nSPS) is 17.6. The molecule has 2 atom stereocenters. The maximum atomic E-state index is 2.69. The van der Waals surface area contributed by atoms with Crippen LogP contribution in [0.25, 0.3) is 16.8 Å². The minimum Gasteiger partial charge on any atom is -0.310 e. The van der Waals surface area contributed by atoms with Gasteiger partial charge in [0.2, 0.25) is 0 Å². The van der Waals surface area contributed by atoms with Crippen molar-refractivity contribution in [1.29, 1.82) is 0 Å². The van der Waals surface area contributed by atoms with E-state index in [0.717, 1.165) is 12.1 Å². The van der Waals surface area contributed by atoms with Gasteiger partial charge in [-0.1, -0.05) is 215 Å². The molecule has 0 saturated carbocycles. The Labute approximate surface area is 492 Å². The molecule has 0 radical (unpaired) electrons. The standard InChI is InChI=1S/C80H73N3/c1-49-41-71-75-72(42-49)83(67-40-39-54(78(5,6)7)45-58(67)50-35-37-53(38-36-50)77(2,3)4)69-48-70-66(80(10,11)64-33-23-24-34-68(64)81(70)55-27-17-13-18-28-55)47-61(69)74(75)62-43-52-44-65-60(46-59(52)76(62)82(71)56-29-19-14-20-30-56)73(51-25-15-12-16-26-51)57-31-21-22-32-63(57)79(65,8)9/h12-42,44-48,73-74H,43H2,1-11H3. The van der Waals surface area contributed by atoms with Gasteiger partial charge < -0.3 is 14.7 Å². The number of rotatable bonds is 5. The van der Waals surface area contributed by atoms with Gasteiger partial charge in [-0.05, 0) is 175 Å². The van der Waals surface area contributed by atoms with Crippen LogP contribution in [0.4, 0.5) is 45.5 Å². The molecule has 0 spiro atoms. The molecule has 3 nitrogen and oxygen atoms in total. The van der Waals surface area contributed by atoms with Crippen molar-refractivity contribution in [3.05, 3.63) is 302 Å². The van der Waals surface area contributed by atoms with Gasteiger partial charge in [0.1, 0.15) is 0 Å². The summed E-state index contributed by atoms with van der Waals surface area (Å²) >= 11 is 0. The van der Waals surface area contributed by atoms with Crippen molar-refractivity contribution < 1.29 is 0 Å². The van der Waals surface area contributed by atoms with E-state index in [4.69, 9.17) is 0 Å². The zero-order chi connectivity index (χ0) is 57.1. The Balaban J connectivity index is 1.05. The molecule has 0 aromatic heterocycles. The largest absolute Gasteiger partial charge is 0.310 e. The van der Waals surface area contributed by atoms with Gasteiger partial charge in [-0.2, -0.15) is 0 Å². The SMILES string of the molecule is Cc1cc2c3c(c1)N(c1ccc(C(C)(C)C)cc1-c1ccc(C(C)(C)C)cc1)c1cc4c(cc1C3C1=C(c3cc5c(cc3C1)C(C)(C)c1ccccc1C5c1ccccc1)N2c1ccccc1)C(C)(C)c1ccccc1N4c1ccccc1. The summed E-state index contributed by atoms with van der Waals surface area (Å²) in [5.41, 5.74) is 33.3. The van der Waals surface area contributed by atoms with Gasteiger partial charge >= 0.3 is 0 Å². The highest BCUT2D eigenvalue weighted by atomic mass is 15.2. The number of para-hydroxylation sites is 3. The molecule has 0 saturated heterocycles. The molecule has 3 heteroatoms. The molecule has 3 aliphatic heterocycles. The number of fused-ring (bicyclic) bond motifs is 9. The first-order valence-corrected chi connectivity index (χ1v) is 30.1. The van der Waals surface area contributed by atoms with Crippen LogP contribution in [0.2, 0.25) is 0 Å². The fourth-order valence-electron chi connectivity index (χ4n) is 15.3. The molecule has 83 heavy (non-hydrogen) atoms. The summed E-state index contributed by atoms with van der Waals surface area (Å²) in [6.07, 6.45) is 0.844. The van der Waals surface area contributed by atoms with Crippen molar-refractivity contribution in [2.45, 2.75) is 116 Å². The average molecular weight is 1080 g/mol. The van der Waals surface area contributed by atoms with E-state index in [1.165, 1.54) is 140 Å². The summed E-state index contributed by atoms with van der Waals surface area (Å²) in [5, 5.41) is 0. The summed E-state index contributed by atoms with van der Waals surface area (Å²) in [7, 11) is 0. The van der Waals surface area contributed by atoms with E-state index in [2.05, 4.69) is 309 Å². The third kappa shape index (κ3) is 7.69. The Morgan fingerprint density at radius 1 is 0.386 bits per heavy atom. The van der Waals surface area contributed by atoms with Gasteiger partial charge in [0.15, 0.2) is 0 Å². The zero-order valence-electron chi connectivity index (χ0n) is 50.0. The number of allylic oxidation sites excluding steroid dienone is 1. The second kappa shape index (κ2) is 18.2. The molecule has 0 amide bonds. The van der Waals surface area contributed by atoms with Crippen molar-refractivity contribution in [2.75, 3.05) is 14.7 Å². The number of benzene rings is 10. The Bertz CT molecular complexity index is 4320. The summed E-state index contributed by atoms with van der Waals surface area (Å²) < 4.78 is 0. The summed E-state index contributed by atoms with van der Waals surface area (Å²) in [4.78, 5) is 7.90. The molecule has 10 aromatic carbocycles. The lowest BCUT2D eigenvalue weighted by molar-refractivity contribution is 0.590. The maximum Gasteiger partial charge on any atom is 0.0542 e. The van der Waals surface area contributed by atoms with Crippen molar-refractivity contribution in [3.63, 3.8) is 0 Å². The fourth-order valence-corrected chi connectivity index (χ4v) is 15.3. The number of nitrogens with zero attached hydrogens (tertiary/aromatic N) is 3. The average Bonchev–Trinajstić information content (AvgIpc) is 1.89. The van der Waals surface area contributed by atoms with Crippen LogP contribution in [0.15, 0.2) is 224 Å². The lowest BCUT2D eigenvalue weighted by atomic mass is 9.63. The zero-order valence-corrected chi connectivity index (χ0v) is 50.0. The Morgan fingerprint density at radius 2 is 0.964 bits per heavy atom. The number of hydrogen-bond acceptors (Lipinski definition) is 3. The van der Waals surface area contributed by atoms with Gasteiger partial charge in [-0.25, -0.2) is 0 Å². The molecular weight excluding hydrogens is 1000 g/mol. The van der Waals surface area contributed by atoms with Crippen molar-refractivity contribution >= 4 is 51.2 Å². The van der Waals surface area contributed by atoms with E-state index in [0.29, 0.717) is 0 Å². The minimum atomic E-state index is -0.325. The van der Waals surface area contributed by atoms with Crippen LogP contribution >= 0.6 is 0 Å². The van der Waals surface area contributed by atoms with Crippen LogP contribution in [0.1, 0.15) is 159 Å². The van der Waals surface area contributed by atoms with Gasteiger partial charge in [-0.3, -0.25) is 0 Å². The number of hydrogen-bond donors (Lipinski definition) is 0. The number of aryl methyl sites for hydroxylation is 1. The Morgan fingerprint density at radius 3 is 1.64 bits per heavy atom. The maximum absolute atomic E-state index is 2.69. The highest BCUT2D eigenvalue weighted by Gasteiger charge is 2.49. The van der Waals surface area contributed by atoms with Crippen LogP contribution in [0, 0.1) is 6.92 Å². The summed E-state index contributed by atoms with van der Waals surface area (Å²) in [6, 6.07) is 84.3. The molecule has 15 rings (SSSR count). The fraction of sp³-hybridized carbons (Fsp3) is 0.225. The summed E-state index contributed by atoms with van der Waals surface area (Å²) in [6.45, 7) is 26.1. The lowest BCUT2D eigenvalue weighted by Crippen LogP contribution is -2.34. The van der Waals surface area contributed by atoms with Crippen LogP contribution in [0.3, 0.4) is 0 Å². The second-order valence-electron chi connectivity index (χ2n) is 27.4. The predicted octanol–water partition coefficient (Wildman–Crippen LogP) is 21.2. The molecule has 5 aliphatic rings. The van der Waals surface area contributed by atoms with Crippen molar-refractivity contribution in [2.24, 2.45) is 0 Å². The van der Waals surface area contributed by atoms with E-state index in [9.17, 15) is 0 Å². The third-order valence-electron chi connectivity index (χ3n) is 19.5. The topological polar surface area (TPSA) is 9.72 Å². The quantitative estimate of drug-likeness (QED) is 0.170. The van der Waals surface area contributed by atoms with Crippen LogP contribution < -0.4 is 14.7 Å². The molecular formula is C80H73N3. The van der Waals surface area contributed by atoms with E-state index in [1.54, 1.807) is 0 Å². The van der Waals surface area contributed by atoms with Gasteiger partial charge in [0.25, 0.3) is 0 Å². The van der Waals surface area contributed by atoms with E-state index in [-0.39, 0.29) is 33.5 Å². The van der Waals surface area contributed by atoms with Crippen LogP contribution in [0.5, 0.6) is 0 Å². The monoisotopic (exact) mass is 1080 g/mol. The lowest BCUT2D eigenvalue weighted by Gasteiger charge is -2.48. The molecule has 10 aromatic rings. The van der Waals surface area contributed by atoms with Gasteiger partial charge in [0.05, 0.1) is 39.8 Å². The molecule has 2 aliphatic carbocycles. The molecule has 0 fully saturated rings. The van der Waals surface area contributed by atoms with Crippen molar-refractivity contribution in [3.8, 4) is 11.1 Å². The number of anilines is 8. The van der Waals surface area contributed by atoms with Crippen LogP contribution in [-0.2, 0) is 28.1 Å². The second-order valence-corrected chi connectivity index (χ2v) is 27.4. The van der Waals surface area contributed by atoms with Gasteiger partial charge in [0, 0.05) is 50.7 Å². The van der Waals surface area contributed by atoms with E-state index < -0.39 is 0 Å². The minimum absolute atomic E-state index is 0.0222. The first-order valence-electron chi connectivity index (χ1n) is 30.1. The molecule has 408 valence electrons. The first kappa shape index (κ1) is 51.2. The first-order chi connectivity index (χ1) is 39.9. The molecule has 2 unspecified atom stereocenters. The van der Waals surface area contributed by atoms with Crippen molar-refractivity contribution in [1.82, 2.24) is 0 Å². The molecule has 0 N–H and O–H groups in total. The van der Waals surface area contributed by atoms with E-state index in [1.807, 2.05) is 0 Å². The highest BCUT2D eigenvalue weighted by Crippen LogP contribution is 2.66. The van der Waals surface area contributed by atoms with Gasteiger partial charge in [-0.15, -0.1) is 0 Å². The van der Waals surface area contributed by atoms with Crippen LogP contribution in [-0.4, -0.2) is 0 Å². The summed E-state index contributed by atoms with van der Waals surface area (Å²) in [5.74, 6) is 0.0464. The Hall–Kier alpha value is -8.66. The molecule has 0 bridgehead atoms. The predicted molar refractivity (Wildman–Crippen MR) is 349 cm³/mol.